The van der Waals surface area contributed by atoms with Crippen molar-refractivity contribution in [1.82, 2.24) is 19.4 Å². The van der Waals surface area contributed by atoms with Gasteiger partial charge in [0.2, 0.25) is 0 Å². The first-order valence-electron chi connectivity index (χ1n) is 11.2. The van der Waals surface area contributed by atoms with Gasteiger partial charge in [0.05, 0.1) is 11.1 Å². The first-order chi connectivity index (χ1) is 16.3. The lowest BCUT2D eigenvalue weighted by Gasteiger charge is -2.34. The molecule has 0 radical (unpaired) electrons. The molecule has 11 heteroatoms. The van der Waals surface area contributed by atoms with E-state index in [2.05, 4.69) is 31.5 Å². The maximum Gasteiger partial charge on any atom is 0.267 e. The highest BCUT2D eigenvalue weighted by molar-refractivity contribution is 8.23. The molecule has 3 aromatic rings. The minimum absolute atomic E-state index is 0.0697. The number of fused-ring (bicyclic) bond motifs is 2. The lowest BCUT2D eigenvalue weighted by Crippen LogP contribution is -2.45. The monoisotopic (exact) mass is 484 g/mol. The summed E-state index contributed by atoms with van der Waals surface area (Å²) in [5.74, 6) is -0.357. The van der Waals surface area contributed by atoms with Gasteiger partial charge in [0.15, 0.2) is 5.84 Å². The summed E-state index contributed by atoms with van der Waals surface area (Å²) in [7, 11) is -1.42. The van der Waals surface area contributed by atoms with Crippen LogP contribution in [0.15, 0.2) is 56.7 Å². The van der Waals surface area contributed by atoms with E-state index in [4.69, 9.17) is 0 Å². The molecule has 0 aliphatic carbocycles. The van der Waals surface area contributed by atoms with Crippen molar-refractivity contribution in [2.24, 2.45) is 4.40 Å². The summed E-state index contributed by atoms with van der Waals surface area (Å²) in [5.41, 5.74) is 0.229. The highest BCUT2D eigenvalue weighted by Gasteiger charge is 2.30. The Kier molecular flexibility index (Phi) is 6.04. The maximum atomic E-state index is 13.6. The van der Waals surface area contributed by atoms with Crippen molar-refractivity contribution in [3.63, 3.8) is 0 Å². The van der Waals surface area contributed by atoms with E-state index < -0.39 is 16.3 Å². The minimum Gasteiger partial charge on any atom is -0.506 e. The topological polar surface area (TPSA) is 126 Å². The van der Waals surface area contributed by atoms with Crippen LogP contribution in [0.1, 0.15) is 12.0 Å². The van der Waals surface area contributed by atoms with Crippen LogP contribution in [0.25, 0.3) is 11.0 Å². The second-order valence-electron chi connectivity index (χ2n) is 8.63. The third kappa shape index (κ3) is 4.17. The molecule has 0 bridgehead atoms. The number of likely N-dealkylation sites (N-methyl/N-ethyl adjacent to an activating group) is 1. The summed E-state index contributed by atoms with van der Waals surface area (Å²) in [6, 6.07) is 10.0. The van der Waals surface area contributed by atoms with Gasteiger partial charge in [0, 0.05) is 38.9 Å². The largest absolute Gasteiger partial charge is 0.506 e. The molecule has 4 heterocycles. The van der Waals surface area contributed by atoms with Crippen LogP contribution in [-0.4, -0.2) is 79.2 Å². The molecule has 5 rings (SSSR count). The Hall–Kier alpha value is -2.96. The number of nitrogens with one attached hydrogen (secondary N) is 1. The predicted octanol–water partition coefficient (Wildman–Crippen LogP) is 2.64. The predicted molar refractivity (Wildman–Crippen MR) is 134 cm³/mol. The molecule has 4 N–H and O–H groups in total. The van der Waals surface area contributed by atoms with Crippen molar-refractivity contribution < 1.29 is 14.2 Å². The number of aryl methyl sites for hydroxylation is 1. The number of amidine groups is 1. The number of aromatic nitrogens is 2. The van der Waals surface area contributed by atoms with Crippen LogP contribution in [0.5, 0.6) is 5.75 Å². The van der Waals surface area contributed by atoms with E-state index in [0.29, 0.717) is 23.3 Å². The molecular weight excluding hydrogens is 456 g/mol. The minimum atomic E-state index is -3.54. The van der Waals surface area contributed by atoms with Crippen LogP contribution in [0.2, 0.25) is 0 Å². The van der Waals surface area contributed by atoms with Crippen LogP contribution in [-0.2, 0) is 6.54 Å². The van der Waals surface area contributed by atoms with Crippen molar-refractivity contribution in [2.75, 3.05) is 45.1 Å². The summed E-state index contributed by atoms with van der Waals surface area (Å²) in [6.07, 6.45) is 2.32. The molecule has 0 spiro atoms. The molecule has 0 amide bonds. The van der Waals surface area contributed by atoms with Crippen LogP contribution >= 0.6 is 10.8 Å². The third-order valence-corrected chi connectivity index (χ3v) is 7.72. The molecular formula is C23H28N6O4S. The highest BCUT2D eigenvalue weighted by Crippen LogP contribution is 2.55. The van der Waals surface area contributed by atoms with E-state index in [-0.39, 0.29) is 22.0 Å². The standard InChI is InChI=1S/C23H28N6O4S/c1-27-12-14-28(15-13-27)10-5-11-29-22-16(6-4-9-24-22)20(30)19(23(29)31)21-25-17-7-2-3-8-18(17)34(32,33)26-21/h2-4,6-9,30,32-33H,5,10-15H2,1H3,(H,25,26). The van der Waals surface area contributed by atoms with Crippen LogP contribution in [0.4, 0.5) is 5.69 Å². The second kappa shape index (κ2) is 9.01. The Morgan fingerprint density at radius 1 is 1.06 bits per heavy atom. The van der Waals surface area contributed by atoms with Gasteiger partial charge in [-0.3, -0.25) is 18.5 Å². The van der Waals surface area contributed by atoms with E-state index in [0.717, 1.165) is 39.1 Å². The van der Waals surface area contributed by atoms with Crippen molar-refractivity contribution in [1.29, 1.82) is 0 Å². The Morgan fingerprint density at radius 2 is 1.82 bits per heavy atom. The van der Waals surface area contributed by atoms with Gasteiger partial charge >= 0.3 is 0 Å². The molecule has 0 saturated carbocycles. The molecule has 34 heavy (non-hydrogen) atoms. The van der Waals surface area contributed by atoms with Gasteiger partial charge < -0.3 is 20.2 Å². The SMILES string of the molecule is CN1CCN(CCCn2c(=O)c(C3=NS(O)(O)c4ccccc4N3)c(O)c3cccnc32)CC1. The number of para-hydroxylation sites is 1. The molecule has 0 atom stereocenters. The van der Waals surface area contributed by atoms with Crippen molar-refractivity contribution in [3.8, 4) is 5.75 Å². The van der Waals surface area contributed by atoms with E-state index in [1.807, 2.05) is 0 Å². The summed E-state index contributed by atoms with van der Waals surface area (Å²) in [5, 5.41) is 14.4. The fourth-order valence-electron chi connectivity index (χ4n) is 4.45. The van der Waals surface area contributed by atoms with E-state index >= 15 is 0 Å². The van der Waals surface area contributed by atoms with Gasteiger partial charge in [-0.05, 0) is 44.3 Å². The number of hydrogen-bond acceptors (Lipinski definition) is 9. The second-order valence-corrected chi connectivity index (χ2v) is 10.3. The summed E-state index contributed by atoms with van der Waals surface area (Å²) in [4.78, 5) is 22.9. The van der Waals surface area contributed by atoms with Gasteiger partial charge in [0.25, 0.3) is 5.56 Å². The van der Waals surface area contributed by atoms with Gasteiger partial charge in [-0.25, -0.2) is 4.98 Å². The number of aromatic hydroxyl groups is 1. The van der Waals surface area contributed by atoms with Crippen LogP contribution in [0.3, 0.4) is 0 Å². The molecule has 1 aromatic carbocycles. The van der Waals surface area contributed by atoms with E-state index in [9.17, 15) is 19.0 Å². The van der Waals surface area contributed by atoms with Crippen molar-refractivity contribution in [3.05, 3.63) is 58.5 Å². The molecule has 1 saturated heterocycles. The number of benzene rings is 1. The zero-order chi connectivity index (χ0) is 23.9. The first-order valence-corrected chi connectivity index (χ1v) is 12.7. The van der Waals surface area contributed by atoms with Crippen molar-refractivity contribution in [2.45, 2.75) is 17.9 Å². The Balaban J connectivity index is 1.52. The normalized spacial score (nSPS) is 19.3. The van der Waals surface area contributed by atoms with Gasteiger partial charge in [-0.1, -0.05) is 22.9 Å². The fraction of sp³-hybridized carbons (Fsp3) is 0.348. The first kappa shape index (κ1) is 22.8. The highest BCUT2D eigenvalue weighted by atomic mass is 32.3. The van der Waals surface area contributed by atoms with Gasteiger partial charge in [-0.15, -0.1) is 4.40 Å². The summed E-state index contributed by atoms with van der Waals surface area (Å²) < 4.78 is 26.8. The quantitative estimate of drug-likeness (QED) is 0.435. The van der Waals surface area contributed by atoms with Crippen LogP contribution in [0, 0.1) is 0 Å². The molecule has 2 aliphatic rings. The van der Waals surface area contributed by atoms with Gasteiger partial charge in [0.1, 0.15) is 21.9 Å². The number of nitrogens with zero attached hydrogens (tertiary/aromatic N) is 5. The number of anilines is 1. The maximum absolute atomic E-state index is 13.6. The zero-order valence-electron chi connectivity index (χ0n) is 18.9. The number of hydrogen-bond donors (Lipinski definition) is 4. The Morgan fingerprint density at radius 3 is 2.62 bits per heavy atom. The molecule has 1 fully saturated rings. The number of pyridine rings is 2. The molecule has 2 aliphatic heterocycles. The number of rotatable bonds is 5. The molecule has 180 valence electrons. The molecule has 0 unspecified atom stereocenters. The van der Waals surface area contributed by atoms with E-state index in [1.165, 1.54) is 4.57 Å². The number of piperazine rings is 1. The Labute approximate surface area is 198 Å². The smallest absolute Gasteiger partial charge is 0.267 e. The average Bonchev–Trinajstić information content (AvgIpc) is 2.82. The summed E-state index contributed by atoms with van der Waals surface area (Å²) >= 11 is 0. The van der Waals surface area contributed by atoms with Crippen LogP contribution < -0.4 is 10.9 Å². The third-order valence-electron chi connectivity index (χ3n) is 6.34. The Bertz CT molecular complexity index is 1320. The fourth-order valence-corrected chi connectivity index (χ4v) is 5.62. The summed E-state index contributed by atoms with van der Waals surface area (Å²) in [6.45, 7) is 5.27. The average molecular weight is 485 g/mol. The lowest BCUT2D eigenvalue weighted by molar-refractivity contribution is 0.151. The lowest BCUT2D eigenvalue weighted by atomic mass is 10.1. The molecule has 10 nitrogen and oxygen atoms in total. The van der Waals surface area contributed by atoms with E-state index in [1.54, 1.807) is 42.6 Å². The van der Waals surface area contributed by atoms with Crippen molar-refractivity contribution >= 4 is 33.3 Å². The molecule has 2 aromatic heterocycles. The van der Waals surface area contributed by atoms with Gasteiger partial charge in [-0.2, -0.15) is 0 Å². The zero-order valence-corrected chi connectivity index (χ0v) is 19.7.